The van der Waals surface area contributed by atoms with Crippen LogP contribution in [0, 0.1) is 0 Å². The van der Waals surface area contributed by atoms with Crippen LogP contribution >= 0.6 is 11.6 Å². The van der Waals surface area contributed by atoms with Gasteiger partial charge in [0.15, 0.2) is 0 Å². The first-order valence-electron chi connectivity index (χ1n) is 6.34. The highest BCUT2D eigenvalue weighted by Gasteiger charge is 2.16. The van der Waals surface area contributed by atoms with Crippen LogP contribution in [0.4, 0.5) is 0 Å². The summed E-state index contributed by atoms with van der Waals surface area (Å²) >= 11 is 6.02. The van der Waals surface area contributed by atoms with Crippen LogP contribution < -0.4 is 0 Å². The Morgan fingerprint density at radius 2 is 2.11 bits per heavy atom. The van der Waals surface area contributed by atoms with Crippen molar-refractivity contribution in [1.29, 1.82) is 0 Å². The lowest BCUT2D eigenvalue weighted by Gasteiger charge is -2.10. The Balaban J connectivity index is 2.57. The maximum Gasteiger partial charge on any atom is 0.306 e. The molecular formula is C13H19ClN2O3. The summed E-state index contributed by atoms with van der Waals surface area (Å²) in [6.07, 6.45) is 2.00. The number of Topliss-reactive ketones (excluding diaryl/α,β-unsaturated/α-hetero) is 1. The van der Waals surface area contributed by atoms with Crippen LogP contribution in [-0.2, 0) is 20.7 Å². The summed E-state index contributed by atoms with van der Waals surface area (Å²) in [5.74, 6) is -0.392. The number of hydrogen-bond donors (Lipinski definition) is 0. The third kappa shape index (κ3) is 4.67. The van der Waals surface area contributed by atoms with Crippen molar-refractivity contribution in [3.63, 3.8) is 0 Å². The lowest BCUT2D eigenvalue weighted by atomic mass is 10.1. The predicted octanol–water partition coefficient (Wildman–Crippen LogP) is 2.57. The fourth-order valence-corrected chi connectivity index (χ4v) is 1.92. The van der Waals surface area contributed by atoms with E-state index in [1.54, 1.807) is 11.6 Å². The summed E-state index contributed by atoms with van der Waals surface area (Å²) in [5, 5.41) is 4.62. The van der Waals surface area contributed by atoms with Gasteiger partial charge in [0.1, 0.15) is 5.78 Å². The molecular weight excluding hydrogens is 268 g/mol. The molecule has 19 heavy (non-hydrogen) atoms. The fraction of sp³-hybridized carbons (Fsp3) is 0.615. The van der Waals surface area contributed by atoms with Crippen LogP contribution in [0.5, 0.6) is 0 Å². The first-order valence-corrected chi connectivity index (χ1v) is 6.72. The lowest BCUT2D eigenvalue weighted by molar-refractivity contribution is -0.144. The summed E-state index contributed by atoms with van der Waals surface area (Å²) in [4.78, 5) is 23.0. The highest BCUT2D eigenvalue weighted by atomic mass is 35.5. The van der Waals surface area contributed by atoms with Crippen molar-refractivity contribution in [3.05, 3.63) is 16.9 Å². The second kappa shape index (κ2) is 7.28. The molecule has 0 radical (unpaired) electrons. The van der Waals surface area contributed by atoms with Crippen LogP contribution in [-0.4, -0.2) is 28.1 Å². The predicted molar refractivity (Wildman–Crippen MR) is 72.2 cm³/mol. The van der Waals surface area contributed by atoms with Crippen molar-refractivity contribution in [2.45, 2.75) is 46.1 Å². The molecule has 0 aliphatic carbocycles. The maximum absolute atomic E-state index is 11.8. The number of aromatic nitrogens is 2. The summed E-state index contributed by atoms with van der Waals surface area (Å²) in [6.45, 7) is 6.01. The third-order valence-corrected chi connectivity index (χ3v) is 2.93. The van der Waals surface area contributed by atoms with Crippen molar-refractivity contribution >= 4 is 23.4 Å². The highest BCUT2D eigenvalue weighted by molar-refractivity contribution is 6.31. The van der Waals surface area contributed by atoms with E-state index in [1.807, 2.05) is 13.8 Å². The third-order valence-electron chi connectivity index (χ3n) is 2.61. The molecule has 6 heteroatoms. The molecule has 106 valence electrons. The van der Waals surface area contributed by atoms with Gasteiger partial charge in [-0.05, 0) is 20.8 Å². The van der Waals surface area contributed by atoms with Gasteiger partial charge in [-0.2, -0.15) is 5.10 Å². The zero-order valence-corrected chi connectivity index (χ0v) is 12.2. The van der Waals surface area contributed by atoms with Gasteiger partial charge >= 0.3 is 5.97 Å². The molecule has 0 aromatic carbocycles. The standard InChI is InChI=1S/C13H19ClN2O3/c1-4-19-13(18)6-5-10(17)7-12-11(14)8-15-16(12)9(2)3/h8-9H,4-7H2,1-3H3. The smallest absolute Gasteiger partial charge is 0.306 e. The Hall–Kier alpha value is -1.36. The fourth-order valence-electron chi connectivity index (χ4n) is 1.73. The quantitative estimate of drug-likeness (QED) is 0.723. The number of esters is 1. The van der Waals surface area contributed by atoms with Crippen molar-refractivity contribution in [2.75, 3.05) is 6.61 Å². The van der Waals surface area contributed by atoms with Crippen LogP contribution in [0.2, 0.25) is 5.02 Å². The molecule has 1 aromatic heterocycles. The Morgan fingerprint density at radius 3 is 2.68 bits per heavy atom. The van der Waals surface area contributed by atoms with Gasteiger partial charge < -0.3 is 4.74 Å². The Morgan fingerprint density at radius 1 is 1.42 bits per heavy atom. The van der Waals surface area contributed by atoms with E-state index in [0.717, 1.165) is 0 Å². The molecule has 1 heterocycles. The van der Waals surface area contributed by atoms with E-state index in [4.69, 9.17) is 16.3 Å². The number of carbonyl (C=O) groups excluding carboxylic acids is 2. The molecule has 0 aliphatic rings. The molecule has 0 spiro atoms. The van der Waals surface area contributed by atoms with Crippen LogP contribution in [0.25, 0.3) is 0 Å². The first kappa shape index (κ1) is 15.7. The molecule has 0 atom stereocenters. The Bertz CT molecular complexity index is 455. The zero-order chi connectivity index (χ0) is 14.4. The van der Waals surface area contributed by atoms with E-state index in [0.29, 0.717) is 17.3 Å². The molecule has 0 N–H and O–H groups in total. The summed E-state index contributed by atoms with van der Waals surface area (Å²) in [7, 11) is 0. The summed E-state index contributed by atoms with van der Waals surface area (Å²) in [6, 6.07) is 0.139. The van der Waals surface area contributed by atoms with E-state index >= 15 is 0 Å². The molecule has 0 saturated carbocycles. The maximum atomic E-state index is 11.8. The summed E-state index contributed by atoms with van der Waals surface area (Å²) < 4.78 is 6.51. The number of ether oxygens (including phenoxy) is 1. The molecule has 0 fully saturated rings. The first-order chi connectivity index (χ1) is 8.95. The number of hydrogen-bond acceptors (Lipinski definition) is 4. The van der Waals surface area contributed by atoms with E-state index in [1.165, 1.54) is 6.20 Å². The van der Waals surface area contributed by atoms with Crippen molar-refractivity contribution in [1.82, 2.24) is 9.78 Å². The molecule has 1 aromatic rings. The normalized spacial score (nSPS) is 10.8. The van der Waals surface area contributed by atoms with Gasteiger partial charge in [-0.3, -0.25) is 14.3 Å². The second-order valence-corrected chi connectivity index (χ2v) is 4.91. The minimum absolute atomic E-state index is 0.0441. The molecule has 0 bridgehead atoms. The van der Waals surface area contributed by atoms with Gasteiger partial charge in [0, 0.05) is 18.9 Å². The number of carbonyl (C=O) groups is 2. The van der Waals surface area contributed by atoms with Gasteiger partial charge in [-0.25, -0.2) is 0 Å². The van der Waals surface area contributed by atoms with Crippen molar-refractivity contribution < 1.29 is 14.3 Å². The van der Waals surface area contributed by atoms with E-state index < -0.39 is 0 Å². The van der Waals surface area contributed by atoms with Gasteiger partial charge in [-0.1, -0.05) is 11.6 Å². The Kier molecular flexibility index (Phi) is 6.02. The van der Waals surface area contributed by atoms with Gasteiger partial charge in [0.05, 0.1) is 29.9 Å². The minimum atomic E-state index is -0.348. The van der Waals surface area contributed by atoms with Crippen molar-refractivity contribution in [2.24, 2.45) is 0 Å². The molecule has 0 unspecified atom stereocenters. The van der Waals surface area contributed by atoms with E-state index in [9.17, 15) is 9.59 Å². The van der Waals surface area contributed by atoms with Gasteiger partial charge in [-0.15, -0.1) is 0 Å². The van der Waals surface area contributed by atoms with E-state index in [-0.39, 0.29) is 37.1 Å². The van der Waals surface area contributed by atoms with Gasteiger partial charge in [0.25, 0.3) is 0 Å². The molecule has 5 nitrogen and oxygen atoms in total. The monoisotopic (exact) mass is 286 g/mol. The van der Waals surface area contributed by atoms with Gasteiger partial charge in [0.2, 0.25) is 0 Å². The Labute approximate surface area is 117 Å². The van der Waals surface area contributed by atoms with Crippen molar-refractivity contribution in [3.8, 4) is 0 Å². The number of halogens is 1. The SMILES string of the molecule is CCOC(=O)CCC(=O)Cc1c(Cl)cnn1C(C)C. The summed E-state index contributed by atoms with van der Waals surface area (Å²) in [5.41, 5.74) is 0.700. The highest BCUT2D eigenvalue weighted by Crippen LogP contribution is 2.20. The number of rotatable bonds is 7. The molecule has 1 rings (SSSR count). The average Bonchev–Trinajstić information content (AvgIpc) is 2.69. The number of ketones is 1. The van der Waals surface area contributed by atoms with E-state index in [2.05, 4.69) is 5.10 Å². The average molecular weight is 287 g/mol. The second-order valence-electron chi connectivity index (χ2n) is 4.50. The molecule has 0 aliphatic heterocycles. The number of nitrogens with zero attached hydrogens (tertiary/aromatic N) is 2. The molecule has 0 saturated heterocycles. The van der Waals surface area contributed by atoms with Crippen LogP contribution in [0.1, 0.15) is 45.3 Å². The van der Waals surface area contributed by atoms with Crippen LogP contribution in [0.3, 0.4) is 0 Å². The van der Waals surface area contributed by atoms with Crippen LogP contribution in [0.15, 0.2) is 6.20 Å². The molecule has 0 amide bonds. The zero-order valence-electron chi connectivity index (χ0n) is 11.5. The lowest BCUT2D eigenvalue weighted by Crippen LogP contribution is -2.14. The minimum Gasteiger partial charge on any atom is -0.466 e. The topological polar surface area (TPSA) is 61.2 Å². The largest absolute Gasteiger partial charge is 0.466 e.